The quantitative estimate of drug-likeness (QED) is 0.264. The summed E-state index contributed by atoms with van der Waals surface area (Å²) in [5.74, 6) is 0. The fourth-order valence-corrected chi connectivity index (χ4v) is 4.17. The number of nitrogens with zero attached hydrogens (tertiary/aromatic N) is 1. The monoisotopic (exact) mass is 395 g/mol. The topological polar surface area (TPSA) is 0 Å². The average Bonchev–Trinajstić information content (AvgIpc) is 2.67. The Balaban J connectivity index is 0.00000676. The number of hydrogen-bond acceptors (Lipinski definition) is 0. The molecule has 2 heteroatoms. The van der Waals surface area contributed by atoms with E-state index in [0.29, 0.717) is 0 Å². The van der Waals surface area contributed by atoms with Gasteiger partial charge in [0.15, 0.2) is 0 Å². The highest BCUT2D eigenvalue weighted by atomic mass is 35.5. The highest BCUT2D eigenvalue weighted by molar-refractivity contribution is 5.13. The number of rotatable bonds is 17. The van der Waals surface area contributed by atoms with Gasteiger partial charge in [0.1, 0.15) is 6.54 Å². The Kier molecular flexibility index (Phi) is 17.2. The van der Waals surface area contributed by atoms with Gasteiger partial charge in [0.2, 0.25) is 0 Å². The number of hydrogen-bond donors (Lipinski definition) is 0. The zero-order chi connectivity index (χ0) is 18.9. The zero-order valence-corrected chi connectivity index (χ0v) is 19.3. The van der Waals surface area contributed by atoms with Crippen LogP contribution >= 0.6 is 0 Å². The fraction of sp³-hybridized carbons (Fsp3) is 0.760. The van der Waals surface area contributed by atoms with E-state index in [1.165, 1.54) is 113 Å². The fourth-order valence-electron chi connectivity index (χ4n) is 4.17. The van der Waals surface area contributed by atoms with E-state index in [0.717, 1.165) is 0 Å². The molecule has 0 aliphatic rings. The molecule has 1 nitrogen and oxygen atoms in total. The number of halogens is 1. The molecule has 0 atom stereocenters. The van der Waals surface area contributed by atoms with Crippen LogP contribution in [0.25, 0.3) is 0 Å². The molecule has 0 radical (unpaired) electrons. The van der Waals surface area contributed by atoms with Crippen molar-refractivity contribution >= 4 is 0 Å². The molecule has 27 heavy (non-hydrogen) atoms. The summed E-state index contributed by atoms with van der Waals surface area (Å²) in [5, 5.41) is 0. The van der Waals surface area contributed by atoms with Crippen LogP contribution in [0.1, 0.15) is 103 Å². The molecule has 0 heterocycles. The minimum atomic E-state index is 0. The molecule has 0 spiro atoms. The molecular weight excluding hydrogens is 350 g/mol. The third-order valence-electron chi connectivity index (χ3n) is 5.82. The molecule has 0 bridgehead atoms. The Morgan fingerprint density at radius 3 is 1.33 bits per heavy atom. The molecule has 0 N–H and O–H groups in total. The second-order valence-corrected chi connectivity index (χ2v) is 8.34. The zero-order valence-electron chi connectivity index (χ0n) is 18.5. The maximum Gasteiger partial charge on any atom is 0.104 e. The van der Waals surface area contributed by atoms with Gasteiger partial charge in [-0.15, -0.1) is 0 Å². The maximum atomic E-state index is 2.34. The van der Waals surface area contributed by atoms with E-state index in [9.17, 15) is 0 Å². The van der Waals surface area contributed by atoms with Crippen LogP contribution < -0.4 is 12.4 Å². The predicted octanol–water partition coefficient (Wildman–Crippen LogP) is 4.75. The van der Waals surface area contributed by atoms with Crippen LogP contribution in [0.3, 0.4) is 0 Å². The van der Waals surface area contributed by atoms with Gasteiger partial charge in [0.05, 0.1) is 19.6 Å². The minimum absolute atomic E-state index is 0. The molecule has 1 rings (SSSR count). The van der Waals surface area contributed by atoms with Crippen LogP contribution in [0.4, 0.5) is 0 Å². The highest BCUT2D eigenvalue weighted by Crippen LogP contribution is 2.21. The molecule has 0 unspecified atom stereocenters. The van der Waals surface area contributed by atoms with E-state index in [1.54, 1.807) is 0 Å². The van der Waals surface area contributed by atoms with Crippen LogP contribution in [0, 0.1) is 0 Å². The van der Waals surface area contributed by atoms with Crippen molar-refractivity contribution in [2.24, 2.45) is 0 Å². The summed E-state index contributed by atoms with van der Waals surface area (Å²) < 4.78 is 1.33. The summed E-state index contributed by atoms with van der Waals surface area (Å²) in [4.78, 5) is 0. The molecule has 0 amide bonds. The molecule has 0 aliphatic heterocycles. The van der Waals surface area contributed by atoms with Gasteiger partial charge in [0.25, 0.3) is 0 Å². The van der Waals surface area contributed by atoms with Gasteiger partial charge in [-0.2, -0.15) is 0 Å². The second kappa shape index (κ2) is 17.6. The van der Waals surface area contributed by atoms with Gasteiger partial charge in [-0.25, -0.2) is 0 Å². The molecule has 1 aromatic rings. The van der Waals surface area contributed by atoms with Crippen LogP contribution in [0.15, 0.2) is 30.3 Å². The van der Waals surface area contributed by atoms with E-state index in [-0.39, 0.29) is 12.4 Å². The lowest BCUT2D eigenvalue weighted by molar-refractivity contribution is -0.941. The van der Waals surface area contributed by atoms with E-state index in [2.05, 4.69) is 51.1 Å². The van der Waals surface area contributed by atoms with Crippen molar-refractivity contribution in [3.63, 3.8) is 0 Å². The summed E-state index contributed by atoms with van der Waals surface area (Å²) in [5.41, 5.74) is 1.54. The summed E-state index contributed by atoms with van der Waals surface area (Å²) in [6, 6.07) is 11.3. The highest BCUT2D eigenvalue weighted by Gasteiger charge is 2.26. The number of benzene rings is 1. The maximum absolute atomic E-state index is 2.34. The molecule has 1 aromatic carbocycles. The minimum Gasteiger partial charge on any atom is -1.00 e. The van der Waals surface area contributed by atoms with Crippen LogP contribution in [0.2, 0.25) is 0 Å². The first kappa shape index (κ1) is 26.5. The molecular formula is C25H46ClN. The Morgan fingerprint density at radius 1 is 0.556 bits per heavy atom. The first-order valence-corrected chi connectivity index (χ1v) is 11.7. The third-order valence-corrected chi connectivity index (χ3v) is 5.82. The van der Waals surface area contributed by atoms with Gasteiger partial charge >= 0.3 is 0 Å². The third kappa shape index (κ3) is 12.5. The van der Waals surface area contributed by atoms with Gasteiger partial charge in [0, 0.05) is 5.56 Å². The van der Waals surface area contributed by atoms with E-state index in [1.807, 2.05) is 0 Å². The van der Waals surface area contributed by atoms with Crippen molar-refractivity contribution < 1.29 is 16.9 Å². The lowest BCUT2D eigenvalue weighted by atomic mass is 10.1. The van der Waals surface area contributed by atoms with Crippen molar-refractivity contribution in [1.29, 1.82) is 0 Å². The summed E-state index contributed by atoms with van der Waals surface area (Å²) in [7, 11) is 0. The molecule has 158 valence electrons. The molecule has 0 aliphatic carbocycles. The van der Waals surface area contributed by atoms with E-state index < -0.39 is 0 Å². The molecule has 0 saturated carbocycles. The molecule has 0 saturated heterocycles. The smallest absolute Gasteiger partial charge is 0.104 e. The first-order valence-electron chi connectivity index (χ1n) is 11.7. The van der Waals surface area contributed by atoms with Crippen molar-refractivity contribution in [3.05, 3.63) is 35.9 Å². The molecule has 0 fully saturated rings. The SMILES string of the molecule is CCCCCC[N+](CCCCCC)(CCCCCC)Cc1ccccc1.[Cl-]. The van der Waals surface area contributed by atoms with E-state index in [4.69, 9.17) is 0 Å². The Hall–Kier alpha value is -0.530. The lowest BCUT2D eigenvalue weighted by Crippen LogP contribution is -3.00. The van der Waals surface area contributed by atoms with Crippen molar-refractivity contribution in [2.45, 2.75) is 104 Å². The van der Waals surface area contributed by atoms with Gasteiger partial charge in [-0.05, 0) is 38.5 Å². The normalized spacial score (nSPS) is 11.4. The molecule has 0 aromatic heterocycles. The Labute approximate surface area is 176 Å². The number of unbranched alkanes of at least 4 members (excludes halogenated alkanes) is 9. The van der Waals surface area contributed by atoms with Crippen molar-refractivity contribution in [1.82, 2.24) is 0 Å². The van der Waals surface area contributed by atoms with Crippen LogP contribution in [-0.4, -0.2) is 24.1 Å². The summed E-state index contributed by atoms with van der Waals surface area (Å²) in [6.07, 6.45) is 16.7. The van der Waals surface area contributed by atoms with E-state index >= 15 is 0 Å². The van der Waals surface area contributed by atoms with Crippen LogP contribution in [0.5, 0.6) is 0 Å². The van der Waals surface area contributed by atoms with Gasteiger partial charge in [-0.1, -0.05) is 89.6 Å². The number of quaternary nitrogens is 1. The average molecular weight is 396 g/mol. The Morgan fingerprint density at radius 2 is 0.963 bits per heavy atom. The predicted molar refractivity (Wildman–Crippen MR) is 117 cm³/mol. The second-order valence-electron chi connectivity index (χ2n) is 8.34. The van der Waals surface area contributed by atoms with Gasteiger partial charge < -0.3 is 16.9 Å². The van der Waals surface area contributed by atoms with Crippen molar-refractivity contribution in [3.8, 4) is 0 Å². The van der Waals surface area contributed by atoms with Crippen molar-refractivity contribution in [2.75, 3.05) is 19.6 Å². The summed E-state index contributed by atoms with van der Waals surface area (Å²) in [6.45, 7) is 12.4. The van der Waals surface area contributed by atoms with Crippen LogP contribution in [-0.2, 0) is 6.54 Å². The lowest BCUT2D eigenvalue weighted by Gasteiger charge is -2.39. The summed E-state index contributed by atoms with van der Waals surface area (Å²) >= 11 is 0. The first-order chi connectivity index (χ1) is 12.8. The Bertz CT molecular complexity index is 386. The van der Waals surface area contributed by atoms with Gasteiger partial charge in [-0.3, -0.25) is 0 Å². The standard InChI is InChI=1S/C25H46N.ClH/c1-4-7-10-16-21-26(22-17-11-8-5-2,23-18-12-9-6-3)24-25-19-14-13-15-20-25;/h13-15,19-20H,4-12,16-18,21-24H2,1-3H3;1H/q+1;/p-1. The largest absolute Gasteiger partial charge is 1.00 e.